The van der Waals surface area contributed by atoms with E-state index in [2.05, 4.69) is 314 Å². The van der Waals surface area contributed by atoms with Gasteiger partial charge in [0, 0.05) is 17.1 Å². The second-order valence-corrected chi connectivity index (χ2v) is 16.1. The lowest BCUT2D eigenvalue weighted by molar-refractivity contribution is 1.28. The van der Waals surface area contributed by atoms with Crippen LogP contribution in [-0.4, -0.2) is 0 Å². The predicted octanol–water partition coefficient (Wildman–Crippen LogP) is 17.6. The van der Waals surface area contributed by atoms with Crippen LogP contribution in [0.3, 0.4) is 0 Å². The molecule has 0 fully saturated rings. The molecule has 0 aromatic heterocycles. The largest absolute Gasteiger partial charge is 0.311 e. The molecule has 0 bridgehead atoms. The highest BCUT2D eigenvalue weighted by atomic mass is 15.1. The third-order valence-electron chi connectivity index (χ3n) is 11.6. The molecule has 0 N–H and O–H groups in total. The van der Waals surface area contributed by atoms with Crippen molar-refractivity contribution in [2.45, 2.75) is 0 Å². The molecule has 0 aliphatic heterocycles. The van der Waals surface area contributed by atoms with Crippen LogP contribution in [0.4, 0.5) is 17.1 Å². The zero-order valence-electron chi connectivity index (χ0n) is 37.4. The minimum absolute atomic E-state index is 1.07. The summed E-state index contributed by atoms with van der Waals surface area (Å²) >= 11 is 0. The molecule has 1 heteroatoms. The number of hydrogen-bond donors (Lipinski definition) is 0. The van der Waals surface area contributed by atoms with Gasteiger partial charge in [-0.05, 0) is 103 Å². The lowest BCUT2D eigenvalue weighted by Crippen LogP contribution is -2.09. The molecule has 0 atom stereocenters. The van der Waals surface area contributed by atoms with Crippen LogP contribution in [0.15, 0.2) is 291 Å². The molecule has 0 saturated heterocycles. The molecule has 0 unspecified atom stereocenters. The molecule has 9 rings (SSSR count). The Bertz CT molecular complexity index is 2650. The summed E-state index contributed by atoms with van der Waals surface area (Å²) in [7, 11) is 0. The highest BCUT2D eigenvalue weighted by Gasteiger charge is 2.13. The van der Waals surface area contributed by atoms with E-state index in [1.165, 1.54) is 50.1 Å². The van der Waals surface area contributed by atoms with Crippen molar-refractivity contribution in [2.24, 2.45) is 0 Å². The van der Waals surface area contributed by atoms with E-state index < -0.39 is 0 Å². The summed E-state index contributed by atoms with van der Waals surface area (Å²) in [5.74, 6) is 0. The Morgan fingerprint density at radius 2 is 0.418 bits per heavy atom. The molecule has 320 valence electrons. The van der Waals surface area contributed by atoms with Crippen LogP contribution in [0.5, 0.6) is 0 Å². The zero-order valence-corrected chi connectivity index (χ0v) is 37.4. The maximum Gasteiger partial charge on any atom is 0.0462 e. The van der Waals surface area contributed by atoms with Crippen molar-refractivity contribution < 1.29 is 0 Å². The Balaban J connectivity index is 1.00. The van der Waals surface area contributed by atoms with Crippen LogP contribution in [0.2, 0.25) is 0 Å². The molecule has 0 aliphatic rings. The summed E-state index contributed by atoms with van der Waals surface area (Å²) in [6.07, 6.45) is 19.6. The van der Waals surface area contributed by atoms with E-state index >= 15 is 0 Å². The smallest absolute Gasteiger partial charge is 0.0462 e. The van der Waals surface area contributed by atoms with E-state index in [0.29, 0.717) is 0 Å². The van der Waals surface area contributed by atoms with Gasteiger partial charge < -0.3 is 4.90 Å². The number of benzene rings is 9. The first kappa shape index (κ1) is 43.5. The summed E-state index contributed by atoms with van der Waals surface area (Å²) < 4.78 is 0. The molecular weight excluding hydrogens is 807 g/mol. The minimum Gasteiger partial charge on any atom is -0.311 e. The van der Waals surface area contributed by atoms with Crippen molar-refractivity contribution in [2.75, 3.05) is 4.90 Å². The van der Waals surface area contributed by atoms with E-state index in [0.717, 1.165) is 33.8 Å². The van der Waals surface area contributed by atoms with Gasteiger partial charge in [0.15, 0.2) is 0 Å². The van der Waals surface area contributed by atoms with Crippen LogP contribution in [-0.2, 0) is 0 Å². The zero-order chi connectivity index (χ0) is 45.3. The molecule has 0 aliphatic carbocycles. The molecule has 67 heavy (non-hydrogen) atoms. The molecule has 0 spiro atoms. The second kappa shape index (κ2) is 22.2. The molecule has 0 radical (unpaired) electrons. The van der Waals surface area contributed by atoms with Crippen LogP contribution >= 0.6 is 0 Å². The van der Waals surface area contributed by atoms with Crippen LogP contribution in [0.25, 0.3) is 34.9 Å². The number of hydrogen-bond acceptors (Lipinski definition) is 1. The fraction of sp³-hybridized carbons (Fsp3) is 0. The van der Waals surface area contributed by atoms with Crippen molar-refractivity contribution in [3.8, 4) is 0 Å². The summed E-state index contributed by atoms with van der Waals surface area (Å²) in [6, 6.07) is 89.8. The van der Waals surface area contributed by atoms with Crippen LogP contribution < -0.4 is 4.90 Å². The van der Waals surface area contributed by atoms with E-state index in [1.54, 1.807) is 0 Å². The van der Waals surface area contributed by atoms with Crippen LogP contribution in [0, 0.1) is 0 Å². The normalized spacial score (nSPS) is 11.1. The van der Waals surface area contributed by atoms with Gasteiger partial charge in [0.05, 0.1) is 0 Å². The molecule has 9 aromatic rings. The van der Waals surface area contributed by atoms with Crippen molar-refractivity contribution in [1.82, 2.24) is 0 Å². The fourth-order valence-electron chi connectivity index (χ4n) is 8.20. The summed E-state index contributed by atoms with van der Waals surface area (Å²) in [4.78, 5) is 2.32. The van der Waals surface area contributed by atoms with Gasteiger partial charge in [0.2, 0.25) is 0 Å². The first-order valence-electron chi connectivity index (χ1n) is 22.8. The lowest BCUT2D eigenvalue weighted by atomic mass is 9.97. The Morgan fingerprint density at radius 3 is 0.612 bits per heavy atom. The third kappa shape index (κ3) is 11.5. The van der Waals surface area contributed by atoms with Gasteiger partial charge in [-0.1, -0.05) is 273 Å². The number of nitrogens with zero attached hydrogens (tertiary/aromatic N) is 1. The monoisotopic (exact) mass is 857 g/mol. The number of anilines is 3. The quantitative estimate of drug-likeness (QED) is 0.0929. The molecule has 9 aromatic carbocycles. The van der Waals surface area contributed by atoms with Crippen molar-refractivity contribution >= 4 is 52.0 Å². The number of rotatable bonds is 15. The Morgan fingerprint density at radius 1 is 0.224 bits per heavy atom. The van der Waals surface area contributed by atoms with Crippen LogP contribution in [0.1, 0.15) is 50.1 Å². The van der Waals surface area contributed by atoms with Gasteiger partial charge in [0.1, 0.15) is 0 Å². The first-order chi connectivity index (χ1) is 33.2. The number of allylic oxidation sites excluding steroid dienone is 6. The average Bonchev–Trinajstić information content (AvgIpc) is 3.41. The SMILES string of the molecule is C(/C=C\c1ccc(N(c2ccc(/C=C/C=C(c3ccccc3)c3ccccc3)cc2)c2ccc(/C=C/C=C(c3ccccc3)c3ccccc3)cc2)cc1)=C(c1ccccc1)c1ccccc1. The van der Waals surface area contributed by atoms with Gasteiger partial charge in [-0.3, -0.25) is 0 Å². The maximum absolute atomic E-state index is 2.32. The van der Waals surface area contributed by atoms with Crippen molar-refractivity contribution in [3.05, 3.63) is 341 Å². The topological polar surface area (TPSA) is 3.24 Å². The summed E-state index contributed by atoms with van der Waals surface area (Å²) in [5.41, 5.74) is 17.3. The first-order valence-corrected chi connectivity index (χ1v) is 22.8. The van der Waals surface area contributed by atoms with Gasteiger partial charge in [-0.25, -0.2) is 0 Å². The minimum atomic E-state index is 1.07. The van der Waals surface area contributed by atoms with Crippen molar-refractivity contribution in [3.63, 3.8) is 0 Å². The average molecular weight is 858 g/mol. The Kier molecular flexibility index (Phi) is 14.4. The second-order valence-electron chi connectivity index (χ2n) is 16.1. The lowest BCUT2D eigenvalue weighted by Gasteiger charge is -2.26. The highest BCUT2D eigenvalue weighted by Crippen LogP contribution is 2.36. The van der Waals surface area contributed by atoms with E-state index in [4.69, 9.17) is 0 Å². The third-order valence-corrected chi connectivity index (χ3v) is 11.6. The van der Waals surface area contributed by atoms with Crippen molar-refractivity contribution in [1.29, 1.82) is 0 Å². The van der Waals surface area contributed by atoms with Gasteiger partial charge in [0.25, 0.3) is 0 Å². The van der Waals surface area contributed by atoms with E-state index in [9.17, 15) is 0 Å². The standard InChI is InChI=1S/C66H51N/c1-7-25-55(26-8-1)64(56-27-9-2-10-28-56)37-19-22-52-40-46-61(47-41-52)67(62-48-42-53(43-49-62)23-20-38-65(57-29-11-3-12-30-57)58-31-13-4-14-32-58)63-50-44-54(45-51-63)24-21-39-66(59-33-15-5-16-34-59)60-35-17-6-18-36-60/h1-51H/b22-19-,23-20+,24-21+. The maximum atomic E-state index is 2.32. The molecule has 1 nitrogen and oxygen atoms in total. The van der Waals surface area contributed by atoms with Gasteiger partial charge in [-0.2, -0.15) is 0 Å². The predicted molar refractivity (Wildman–Crippen MR) is 288 cm³/mol. The highest BCUT2D eigenvalue weighted by molar-refractivity contribution is 5.84. The van der Waals surface area contributed by atoms with E-state index in [1.807, 2.05) is 0 Å². The summed E-state index contributed by atoms with van der Waals surface area (Å²) in [5, 5.41) is 0. The fourth-order valence-corrected chi connectivity index (χ4v) is 8.20. The molecule has 0 heterocycles. The summed E-state index contributed by atoms with van der Waals surface area (Å²) in [6.45, 7) is 0. The Hall–Kier alpha value is -8.78. The molecular formula is C66H51N. The molecule has 0 amide bonds. The molecule has 0 saturated carbocycles. The Labute approximate surface area is 396 Å². The van der Waals surface area contributed by atoms with Gasteiger partial charge >= 0.3 is 0 Å². The van der Waals surface area contributed by atoms with Gasteiger partial charge in [-0.15, -0.1) is 0 Å². The van der Waals surface area contributed by atoms with E-state index in [-0.39, 0.29) is 0 Å².